The first kappa shape index (κ1) is 14.2. The van der Waals surface area contributed by atoms with Crippen LogP contribution in [0.1, 0.15) is 19.8 Å². The molecule has 1 saturated carbocycles. The van der Waals surface area contributed by atoms with Gasteiger partial charge in [-0.1, -0.05) is 23.2 Å². The molecule has 0 aliphatic heterocycles. The monoisotopic (exact) mass is 300 g/mol. The predicted octanol–water partition coefficient (Wildman–Crippen LogP) is 2.94. The van der Waals surface area contributed by atoms with Crippen LogP contribution in [0.15, 0.2) is 18.2 Å². The van der Waals surface area contributed by atoms with Gasteiger partial charge in [-0.2, -0.15) is 0 Å². The number of halogens is 2. The van der Waals surface area contributed by atoms with Crippen LogP contribution >= 0.6 is 23.2 Å². The number of anilines is 1. The molecule has 4 nitrogen and oxygen atoms in total. The molecule has 1 aliphatic rings. The van der Waals surface area contributed by atoms with E-state index in [2.05, 4.69) is 5.32 Å². The van der Waals surface area contributed by atoms with E-state index in [1.807, 2.05) is 0 Å². The Morgan fingerprint density at radius 3 is 2.63 bits per heavy atom. The molecule has 0 bridgehead atoms. The molecule has 2 rings (SSSR count). The zero-order chi connectivity index (χ0) is 14.0. The molecule has 0 aromatic heterocycles. The van der Waals surface area contributed by atoms with E-state index in [1.54, 1.807) is 23.1 Å². The van der Waals surface area contributed by atoms with E-state index in [-0.39, 0.29) is 24.4 Å². The van der Waals surface area contributed by atoms with Gasteiger partial charge in [0.25, 0.3) is 0 Å². The third-order valence-electron chi connectivity index (χ3n) is 2.91. The van der Waals surface area contributed by atoms with Gasteiger partial charge in [0.2, 0.25) is 11.8 Å². The molecule has 19 heavy (non-hydrogen) atoms. The van der Waals surface area contributed by atoms with Gasteiger partial charge in [-0.05, 0) is 31.0 Å². The zero-order valence-corrected chi connectivity index (χ0v) is 12.0. The molecule has 1 aromatic rings. The van der Waals surface area contributed by atoms with Crippen molar-refractivity contribution < 1.29 is 9.59 Å². The molecule has 0 radical (unpaired) electrons. The van der Waals surface area contributed by atoms with Gasteiger partial charge >= 0.3 is 0 Å². The van der Waals surface area contributed by atoms with Crippen molar-refractivity contribution in [3.8, 4) is 0 Å². The van der Waals surface area contributed by atoms with Gasteiger partial charge < -0.3 is 10.2 Å². The van der Waals surface area contributed by atoms with Crippen molar-refractivity contribution in [3.05, 3.63) is 28.2 Å². The van der Waals surface area contributed by atoms with E-state index in [4.69, 9.17) is 23.2 Å². The summed E-state index contributed by atoms with van der Waals surface area (Å²) in [7, 11) is 0. The Morgan fingerprint density at radius 2 is 2.05 bits per heavy atom. The Labute approximate surface area is 121 Å². The van der Waals surface area contributed by atoms with E-state index in [0.29, 0.717) is 15.7 Å². The molecule has 0 heterocycles. The minimum atomic E-state index is -0.272. The largest absolute Gasteiger partial charge is 0.331 e. The van der Waals surface area contributed by atoms with Crippen LogP contribution in [0.3, 0.4) is 0 Å². The Balaban J connectivity index is 2.00. The molecule has 6 heteroatoms. The van der Waals surface area contributed by atoms with E-state index >= 15 is 0 Å². The van der Waals surface area contributed by atoms with Crippen molar-refractivity contribution >= 4 is 40.7 Å². The number of nitrogens with zero attached hydrogens (tertiary/aromatic N) is 1. The van der Waals surface area contributed by atoms with Crippen molar-refractivity contribution in [1.29, 1.82) is 0 Å². The number of rotatable bonds is 4. The average Bonchev–Trinajstić information content (AvgIpc) is 3.14. The van der Waals surface area contributed by atoms with Crippen LogP contribution in [0.5, 0.6) is 0 Å². The highest BCUT2D eigenvalue weighted by Crippen LogP contribution is 2.28. The molecular formula is C13H14Cl2N2O2. The van der Waals surface area contributed by atoms with Gasteiger partial charge in [-0.15, -0.1) is 0 Å². The van der Waals surface area contributed by atoms with E-state index in [1.165, 1.54) is 6.92 Å². The van der Waals surface area contributed by atoms with Gasteiger partial charge in [0.15, 0.2) is 0 Å². The number of carbonyl (C=O) groups is 2. The maximum atomic E-state index is 11.9. The van der Waals surface area contributed by atoms with Crippen molar-refractivity contribution in [2.45, 2.75) is 25.8 Å². The lowest BCUT2D eigenvalue weighted by Gasteiger charge is -2.20. The van der Waals surface area contributed by atoms with Crippen LogP contribution in [0.2, 0.25) is 10.0 Å². The molecule has 0 unspecified atom stereocenters. The highest BCUT2D eigenvalue weighted by molar-refractivity contribution is 6.35. The number of benzene rings is 1. The van der Waals surface area contributed by atoms with Crippen LogP contribution < -0.4 is 5.32 Å². The van der Waals surface area contributed by atoms with Gasteiger partial charge in [0.1, 0.15) is 6.54 Å². The molecule has 1 fully saturated rings. The maximum Gasteiger partial charge on any atom is 0.244 e. The standard InChI is InChI=1S/C13H14Cl2N2O2/c1-8(18)17(10-3-4-10)7-13(19)16-12-6-9(14)2-5-11(12)15/h2,5-6,10H,3-4,7H2,1H3,(H,16,19). The fourth-order valence-electron chi connectivity index (χ4n) is 1.82. The summed E-state index contributed by atoms with van der Waals surface area (Å²) in [6.45, 7) is 1.51. The highest BCUT2D eigenvalue weighted by atomic mass is 35.5. The third kappa shape index (κ3) is 3.85. The SMILES string of the molecule is CC(=O)N(CC(=O)Nc1cc(Cl)ccc1Cl)C1CC1. The quantitative estimate of drug-likeness (QED) is 0.929. The molecule has 102 valence electrons. The summed E-state index contributed by atoms with van der Waals surface area (Å²) in [6, 6.07) is 5.05. The number of hydrogen-bond acceptors (Lipinski definition) is 2. The second kappa shape index (κ2) is 5.80. The lowest BCUT2D eigenvalue weighted by molar-refractivity contribution is -0.133. The van der Waals surface area contributed by atoms with Gasteiger partial charge in [0, 0.05) is 18.0 Å². The number of hydrogen-bond donors (Lipinski definition) is 1. The molecule has 1 aromatic carbocycles. The lowest BCUT2D eigenvalue weighted by Crippen LogP contribution is -2.38. The van der Waals surface area contributed by atoms with Crippen LogP contribution in [0, 0.1) is 0 Å². The lowest BCUT2D eigenvalue weighted by atomic mass is 10.3. The summed E-state index contributed by atoms with van der Waals surface area (Å²) in [6.07, 6.45) is 1.93. The first-order valence-corrected chi connectivity index (χ1v) is 6.75. The molecular weight excluding hydrogens is 287 g/mol. The topological polar surface area (TPSA) is 49.4 Å². The summed E-state index contributed by atoms with van der Waals surface area (Å²) in [5.41, 5.74) is 0.457. The summed E-state index contributed by atoms with van der Waals surface area (Å²) in [4.78, 5) is 24.9. The van der Waals surface area contributed by atoms with Crippen molar-refractivity contribution in [2.75, 3.05) is 11.9 Å². The second-order valence-corrected chi connectivity index (χ2v) is 5.39. The van der Waals surface area contributed by atoms with Crippen LogP contribution in [-0.2, 0) is 9.59 Å². The molecule has 2 amide bonds. The molecule has 0 saturated heterocycles. The average molecular weight is 301 g/mol. The third-order valence-corrected chi connectivity index (χ3v) is 3.47. The Bertz CT molecular complexity index is 515. The van der Waals surface area contributed by atoms with Gasteiger partial charge in [0.05, 0.1) is 10.7 Å². The van der Waals surface area contributed by atoms with Crippen LogP contribution in [0.4, 0.5) is 5.69 Å². The maximum absolute atomic E-state index is 11.9. The van der Waals surface area contributed by atoms with Crippen molar-refractivity contribution in [2.24, 2.45) is 0 Å². The van der Waals surface area contributed by atoms with Crippen LogP contribution in [-0.4, -0.2) is 29.3 Å². The van der Waals surface area contributed by atoms with E-state index in [9.17, 15) is 9.59 Å². The Morgan fingerprint density at radius 1 is 1.37 bits per heavy atom. The van der Waals surface area contributed by atoms with Gasteiger partial charge in [-0.25, -0.2) is 0 Å². The Kier molecular flexibility index (Phi) is 4.32. The predicted molar refractivity (Wildman–Crippen MR) is 75.5 cm³/mol. The van der Waals surface area contributed by atoms with Gasteiger partial charge in [-0.3, -0.25) is 9.59 Å². The molecule has 0 spiro atoms. The van der Waals surface area contributed by atoms with E-state index < -0.39 is 0 Å². The summed E-state index contributed by atoms with van der Waals surface area (Å²) in [5, 5.41) is 3.58. The minimum absolute atomic E-state index is 0.0445. The fraction of sp³-hybridized carbons (Fsp3) is 0.385. The zero-order valence-electron chi connectivity index (χ0n) is 10.5. The Hall–Kier alpha value is -1.26. The number of amides is 2. The van der Waals surface area contributed by atoms with Crippen molar-refractivity contribution in [1.82, 2.24) is 4.90 Å². The smallest absolute Gasteiger partial charge is 0.244 e. The number of carbonyl (C=O) groups excluding carboxylic acids is 2. The minimum Gasteiger partial charge on any atom is -0.331 e. The summed E-state index contributed by atoms with van der Waals surface area (Å²) in [5.74, 6) is -0.360. The van der Waals surface area contributed by atoms with Crippen molar-refractivity contribution in [3.63, 3.8) is 0 Å². The first-order valence-electron chi connectivity index (χ1n) is 5.99. The van der Waals surface area contributed by atoms with E-state index in [0.717, 1.165) is 12.8 Å². The fourth-order valence-corrected chi connectivity index (χ4v) is 2.16. The first-order chi connectivity index (χ1) is 8.97. The second-order valence-electron chi connectivity index (χ2n) is 4.55. The summed E-state index contributed by atoms with van der Waals surface area (Å²) >= 11 is 11.8. The molecule has 1 aliphatic carbocycles. The molecule has 1 N–H and O–H groups in total. The molecule has 0 atom stereocenters. The summed E-state index contributed by atoms with van der Waals surface area (Å²) < 4.78 is 0. The van der Waals surface area contributed by atoms with Crippen LogP contribution in [0.25, 0.3) is 0 Å². The normalized spacial score (nSPS) is 14.1. The number of nitrogens with one attached hydrogen (secondary N) is 1. The highest BCUT2D eigenvalue weighted by Gasteiger charge is 2.32.